The van der Waals surface area contributed by atoms with Gasteiger partial charge in [0, 0.05) is 23.1 Å². The van der Waals surface area contributed by atoms with Crippen LogP contribution in [0.25, 0.3) is 11.0 Å². The second-order valence-electron chi connectivity index (χ2n) is 6.44. The first kappa shape index (κ1) is 17.1. The lowest BCUT2D eigenvalue weighted by molar-refractivity contribution is -0.385. The van der Waals surface area contributed by atoms with Crippen molar-refractivity contribution in [3.63, 3.8) is 0 Å². The van der Waals surface area contributed by atoms with Gasteiger partial charge in [0.1, 0.15) is 12.2 Å². The molecule has 0 atom stereocenters. The van der Waals surface area contributed by atoms with Crippen molar-refractivity contribution in [3.8, 4) is 11.5 Å². The second kappa shape index (κ2) is 6.75. The van der Waals surface area contributed by atoms with Crippen LogP contribution in [-0.2, 0) is 19.4 Å². The van der Waals surface area contributed by atoms with Crippen LogP contribution in [0, 0.1) is 10.1 Å². The molecule has 1 aliphatic carbocycles. The lowest BCUT2D eigenvalue weighted by Gasteiger charge is -2.12. The number of hydrogen-bond acceptors (Lipinski definition) is 6. The zero-order valence-electron chi connectivity index (χ0n) is 14.7. The van der Waals surface area contributed by atoms with Gasteiger partial charge < -0.3 is 13.9 Å². The van der Waals surface area contributed by atoms with Gasteiger partial charge in [-0.3, -0.25) is 10.1 Å². The van der Waals surface area contributed by atoms with Crippen LogP contribution in [-0.4, -0.2) is 12.0 Å². The minimum Gasteiger partial charge on any atom is -0.493 e. The zero-order valence-corrected chi connectivity index (χ0v) is 14.7. The molecule has 138 valence electrons. The molecule has 1 heterocycles. The van der Waals surface area contributed by atoms with Crippen LogP contribution in [0.5, 0.6) is 11.5 Å². The van der Waals surface area contributed by atoms with E-state index in [-0.39, 0.29) is 18.0 Å². The highest BCUT2D eigenvalue weighted by molar-refractivity contribution is 5.82. The highest BCUT2D eigenvalue weighted by Gasteiger charge is 2.17. The highest BCUT2D eigenvalue weighted by Crippen LogP contribution is 2.33. The van der Waals surface area contributed by atoms with Crippen LogP contribution in [0.4, 0.5) is 5.69 Å². The van der Waals surface area contributed by atoms with E-state index in [4.69, 9.17) is 13.9 Å². The van der Waals surface area contributed by atoms with E-state index in [1.165, 1.54) is 42.5 Å². The van der Waals surface area contributed by atoms with E-state index in [9.17, 15) is 14.9 Å². The Labute approximate surface area is 154 Å². The summed E-state index contributed by atoms with van der Waals surface area (Å²) in [4.78, 5) is 22.5. The average molecular weight is 367 g/mol. The summed E-state index contributed by atoms with van der Waals surface area (Å²) in [5.74, 6) is 0.628. The molecule has 0 fully saturated rings. The van der Waals surface area contributed by atoms with Crippen molar-refractivity contribution in [2.45, 2.75) is 25.9 Å². The normalized spacial score (nSPS) is 12.8. The summed E-state index contributed by atoms with van der Waals surface area (Å²) in [6.07, 6.45) is 3.08. The topological polar surface area (TPSA) is 91.8 Å². The SMILES string of the molecule is COc1ccc([N+](=O)[O-])cc1OCc1cc(=O)oc2cc3c(cc12)CCC3. The second-order valence-corrected chi connectivity index (χ2v) is 6.44. The summed E-state index contributed by atoms with van der Waals surface area (Å²) < 4.78 is 16.3. The van der Waals surface area contributed by atoms with Crippen molar-refractivity contribution in [1.29, 1.82) is 0 Å². The van der Waals surface area contributed by atoms with Crippen LogP contribution in [0.3, 0.4) is 0 Å². The van der Waals surface area contributed by atoms with Gasteiger partial charge in [-0.2, -0.15) is 0 Å². The molecule has 0 radical (unpaired) electrons. The highest BCUT2D eigenvalue weighted by atomic mass is 16.6. The van der Waals surface area contributed by atoms with Crippen molar-refractivity contribution in [2.75, 3.05) is 7.11 Å². The Morgan fingerprint density at radius 3 is 2.63 bits per heavy atom. The Balaban J connectivity index is 1.71. The monoisotopic (exact) mass is 367 g/mol. The lowest BCUT2D eigenvalue weighted by Crippen LogP contribution is -2.05. The molecule has 4 rings (SSSR count). The quantitative estimate of drug-likeness (QED) is 0.387. The molecule has 2 aromatic carbocycles. The summed E-state index contributed by atoms with van der Waals surface area (Å²) in [7, 11) is 1.46. The molecule has 0 amide bonds. The number of nitro benzene ring substituents is 1. The Hall–Kier alpha value is -3.35. The van der Waals surface area contributed by atoms with Gasteiger partial charge in [-0.05, 0) is 48.6 Å². The number of benzene rings is 2. The van der Waals surface area contributed by atoms with Gasteiger partial charge in [0.05, 0.1) is 18.1 Å². The number of ether oxygens (including phenoxy) is 2. The Bertz CT molecular complexity index is 1100. The van der Waals surface area contributed by atoms with Crippen LogP contribution in [0.1, 0.15) is 23.1 Å². The van der Waals surface area contributed by atoms with E-state index in [0.29, 0.717) is 16.9 Å². The third-order valence-electron chi connectivity index (χ3n) is 4.78. The van der Waals surface area contributed by atoms with E-state index < -0.39 is 10.5 Å². The minimum absolute atomic E-state index is 0.0679. The summed E-state index contributed by atoms with van der Waals surface area (Å²) in [6, 6.07) is 9.51. The first-order chi connectivity index (χ1) is 13.0. The minimum atomic E-state index is -0.498. The average Bonchev–Trinajstić information content (AvgIpc) is 3.11. The molecule has 0 unspecified atom stereocenters. The molecule has 0 aliphatic heterocycles. The van der Waals surface area contributed by atoms with E-state index in [0.717, 1.165) is 24.6 Å². The van der Waals surface area contributed by atoms with Crippen LogP contribution >= 0.6 is 0 Å². The number of aryl methyl sites for hydroxylation is 2. The molecule has 0 saturated carbocycles. The molecule has 27 heavy (non-hydrogen) atoms. The number of hydrogen-bond donors (Lipinski definition) is 0. The van der Waals surface area contributed by atoms with Gasteiger partial charge in [-0.15, -0.1) is 0 Å². The molecule has 1 aromatic heterocycles. The Kier molecular flexibility index (Phi) is 4.27. The number of nitrogens with zero attached hydrogens (tertiary/aromatic N) is 1. The summed E-state index contributed by atoms with van der Waals surface area (Å²) in [5.41, 5.74) is 3.12. The van der Waals surface area contributed by atoms with Crippen molar-refractivity contribution >= 4 is 16.7 Å². The van der Waals surface area contributed by atoms with E-state index >= 15 is 0 Å². The molecule has 7 nitrogen and oxygen atoms in total. The van der Waals surface area contributed by atoms with Gasteiger partial charge in [-0.25, -0.2) is 4.79 Å². The van der Waals surface area contributed by atoms with Gasteiger partial charge in [0.2, 0.25) is 0 Å². The van der Waals surface area contributed by atoms with Crippen molar-refractivity contribution < 1.29 is 18.8 Å². The molecular weight excluding hydrogens is 350 g/mol. The summed E-state index contributed by atoms with van der Waals surface area (Å²) in [5, 5.41) is 11.8. The van der Waals surface area contributed by atoms with Crippen LogP contribution in [0.2, 0.25) is 0 Å². The lowest BCUT2D eigenvalue weighted by atomic mass is 10.0. The van der Waals surface area contributed by atoms with Crippen molar-refractivity contribution in [1.82, 2.24) is 0 Å². The first-order valence-corrected chi connectivity index (χ1v) is 8.59. The number of nitro groups is 1. The molecule has 0 bridgehead atoms. The number of rotatable bonds is 5. The maximum Gasteiger partial charge on any atom is 0.336 e. The van der Waals surface area contributed by atoms with Crippen LogP contribution < -0.4 is 15.1 Å². The third-order valence-corrected chi connectivity index (χ3v) is 4.78. The molecule has 0 N–H and O–H groups in total. The molecule has 1 aliphatic rings. The molecule has 3 aromatic rings. The fraction of sp³-hybridized carbons (Fsp3) is 0.250. The van der Waals surface area contributed by atoms with Crippen LogP contribution in [0.15, 0.2) is 45.6 Å². The molecule has 7 heteroatoms. The Morgan fingerprint density at radius 2 is 1.89 bits per heavy atom. The van der Waals surface area contributed by atoms with Gasteiger partial charge in [-0.1, -0.05) is 0 Å². The van der Waals surface area contributed by atoms with Crippen molar-refractivity contribution in [3.05, 3.63) is 73.6 Å². The predicted molar refractivity (Wildman–Crippen MR) is 98.5 cm³/mol. The fourth-order valence-electron chi connectivity index (χ4n) is 3.46. The standard InChI is InChI=1S/C20H17NO6/c1-25-17-6-5-15(21(23)24)10-19(17)26-11-14-9-20(22)27-18-8-13-4-2-3-12(13)7-16(14)18/h5-10H,2-4,11H2,1H3. The number of fused-ring (bicyclic) bond motifs is 2. The maximum atomic E-state index is 11.9. The zero-order chi connectivity index (χ0) is 19.0. The summed E-state index contributed by atoms with van der Waals surface area (Å²) in [6.45, 7) is 0.0679. The van der Waals surface area contributed by atoms with E-state index in [1.807, 2.05) is 12.1 Å². The van der Waals surface area contributed by atoms with E-state index in [2.05, 4.69) is 0 Å². The number of non-ortho nitro benzene ring substituents is 1. The fourth-order valence-corrected chi connectivity index (χ4v) is 3.46. The first-order valence-electron chi connectivity index (χ1n) is 8.59. The van der Waals surface area contributed by atoms with Crippen molar-refractivity contribution in [2.24, 2.45) is 0 Å². The maximum absolute atomic E-state index is 11.9. The molecule has 0 saturated heterocycles. The van der Waals surface area contributed by atoms with E-state index in [1.54, 1.807) is 0 Å². The Morgan fingerprint density at radius 1 is 1.11 bits per heavy atom. The molecular formula is C20H17NO6. The third kappa shape index (κ3) is 3.23. The van der Waals surface area contributed by atoms with Gasteiger partial charge >= 0.3 is 5.63 Å². The predicted octanol–water partition coefficient (Wildman–Crippen LogP) is 3.78. The number of methoxy groups -OCH3 is 1. The van der Waals surface area contributed by atoms with Gasteiger partial charge in [0.25, 0.3) is 5.69 Å². The molecule has 0 spiro atoms. The largest absolute Gasteiger partial charge is 0.493 e. The van der Waals surface area contributed by atoms with Gasteiger partial charge in [0.15, 0.2) is 11.5 Å². The summed E-state index contributed by atoms with van der Waals surface area (Å²) >= 11 is 0. The smallest absolute Gasteiger partial charge is 0.336 e.